The number of nitrogen functional groups attached to an aromatic ring is 1. The van der Waals surface area contributed by atoms with E-state index in [2.05, 4.69) is 4.98 Å². The number of rotatable bonds is 1. The van der Waals surface area contributed by atoms with Crippen LogP contribution in [0.25, 0.3) is 0 Å². The molecule has 1 aromatic rings. The fourth-order valence-electron chi connectivity index (χ4n) is 0.655. The lowest BCUT2D eigenvalue weighted by molar-refractivity contribution is 0.145. The molecule has 1 rings (SSSR count). The molecule has 0 atom stereocenters. The van der Waals surface area contributed by atoms with Crippen molar-refractivity contribution >= 4 is 17.3 Å². The van der Waals surface area contributed by atoms with Gasteiger partial charge in [-0.15, -0.1) is 0 Å². The second-order valence-corrected chi connectivity index (χ2v) is 2.41. The molecule has 0 aliphatic rings. The van der Waals surface area contributed by atoms with Crippen molar-refractivity contribution in [1.82, 2.24) is 4.98 Å². The van der Waals surface area contributed by atoms with E-state index in [9.17, 15) is 13.2 Å². The largest absolute Gasteiger partial charge is 0.396 e. The van der Waals surface area contributed by atoms with E-state index in [1.165, 1.54) is 0 Å². The Morgan fingerprint density at radius 3 is 2.58 bits per heavy atom. The molecule has 1 aromatic heterocycles. The summed E-state index contributed by atoms with van der Waals surface area (Å²) in [6, 6.07) is 0.773. The maximum atomic E-state index is 12.6. The molecule has 1 heterocycles. The number of nitrogens with zero attached hydrogens (tertiary/aromatic N) is 1. The van der Waals surface area contributed by atoms with Crippen LogP contribution in [0.4, 0.5) is 18.9 Å². The van der Waals surface area contributed by atoms with Crippen LogP contribution in [0.15, 0.2) is 6.07 Å². The maximum absolute atomic E-state index is 12.6. The van der Waals surface area contributed by atoms with Gasteiger partial charge in [-0.3, -0.25) is 0 Å². The first-order chi connectivity index (χ1) is 5.52. The molecule has 0 aliphatic carbocycles. The Bertz CT molecular complexity index is 303. The molecular weight excluding hydrogens is 193 g/mol. The van der Waals surface area contributed by atoms with Crippen LogP contribution in [0.1, 0.15) is 12.0 Å². The number of halogens is 4. The Morgan fingerprint density at radius 2 is 2.08 bits per heavy atom. The van der Waals surface area contributed by atoms with Gasteiger partial charge in [-0.1, -0.05) is 11.6 Å². The zero-order valence-electron chi connectivity index (χ0n) is 5.69. The van der Waals surface area contributed by atoms with Gasteiger partial charge in [0.1, 0.15) is 0 Å². The highest BCUT2D eigenvalue weighted by molar-refractivity contribution is 6.31. The van der Waals surface area contributed by atoms with Crippen molar-refractivity contribution < 1.29 is 13.2 Å². The quantitative estimate of drug-likeness (QED) is 0.701. The fraction of sp³-hybridized carbons (Fsp3) is 0.167. The first-order valence-electron chi connectivity index (χ1n) is 2.92. The van der Waals surface area contributed by atoms with Crippen molar-refractivity contribution in [1.29, 1.82) is 0 Å². The summed E-state index contributed by atoms with van der Waals surface area (Å²) in [5.41, 5.74) is 4.14. The molecule has 0 spiro atoms. The van der Waals surface area contributed by atoms with E-state index >= 15 is 0 Å². The highest BCUT2D eigenvalue weighted by Gasteiger charge is 2.16. The van der Waals surface area contributed by atoms with Crippen LogP contribution >= 0.6 is 11.6 Å². The Balaban J connectivity index is 3.23. The SMILES string of the molecule is Nc1cc(C(F)F)c(F)nc1Cl. The van der Waals surface area contributed by atoms with Crippen molar-refractivity contribution in [2.75, 3.05) is 5.73 Å². The Morgan fingerprint density at radius 1 is 1.50 bits per heavy atom. The average molecular weight is 197 g/mol. The lowest BCUT2D eigenvalue weighted by Gasteiger charge is -2.02. The van der Waals surface area contributed by atoms with E-state index in [-0.39, 0.29) is 10.8 Å². The van der Waals surface area contributed by atoms with E-state index in [0.29, 0.717) is 0 Å². The summed E-state index contributed by atoms with van der Waals surface area (Å²) < 4.78 is 36.5. The fourth-order valence-corrected chi connectivity index (χ4v) is 0.784. The summed E-state index contributed by atoms with van der Waals surface area (Å²) in [5, 5.41) is -0.308. The van der Waals surface area contributed by atoms with Gasteiger partial charge >= 0.3 is 0 Å². The predicted molar refractivity (Wildman–Crippen MR) is 38.6 cm³/mol. The minimum absolute atomic E-state index is 0.159. The standard InChI is InChI=1S/C6H4ClF3N2/c7-4-3(11)1-2(5(8)9)6(10)12-4/h1,5H,11H2. The lowest BCUT2D eigenvalue weighted by atomic mass is 10.2. The third kappa shape index (κ3) is 1.61. The van der Waals surface area contributed by atoms with E-state index in [0.717, 1.165) is 6.07 Å². The number of alkyl halides is 2. The van der Waals surface area contributed by atoms with Gasteiger partial charge in [0.05, 0.1) is 11.3 Å². The summed E-state index contributed by atoms with van der Waals surface area (Å²) >= 11 is 5.27. The summed E-state index contributed by atoms with van der Waals surface area (Å²) in [5.74, 6) is -1.29. The third-order valence-electron chi connectivity index (χ3n) is 1.22. The summed E-state index contributed by atoms with van der Waals surface area (Å²) in [6.07, 6.45) is -2.93. The van der Waals surface area contributed by atoms with E-state index in [4.69, 9.17) is 17.3 Å². The molecule has 0 saturated heterocycles. The number of pyridine rings is 1. The zero-order valence-corrected chi connectivity index (χ0v) is 6.45. The van der Waals surface area contributed by atoms with Crippen molar-refractivity contribution in [3.8, 4) is 0 Å². The number of hydrogen-bond acceptors (Lipinski definition) is 2. The highest BCUT2D eigenvalue weighted by atomic mass is 35.5. The number of nitrogens with two attached hydrogens (primary N) is 1. The van der Waals surface area contributed by atoms with Crippen LogP contribution in [0.3, 0.4) is 0 Å². The molecule has 6 heteroatoms. The van der Waals surface area contributed by atoms with Crippen molar-refractivity contribution in [3.05, 3.63) is 22.7 Å². The van der Waals surface area contributed by atoms with Crippen molar-refractivity contribution in [2.45, 2.75) is 6.43 Å². The topological polar surface area (TPSA) is 38.9 Å². The summed E-state index contributed by atoms with van der Waals surface area (Å²) in [6.45, 7) is 0. The molecule has 0 unspecified atom stereocenters. The number of anilines is 1. The third-order valence-corrected chi connectivity index (χ3v) is 1.52. The van der Waals surface area contributed by atoms with Gasteiger partial charge in [-0.2, -0.15) is 4.39 Å². The predicted octanol–water partition coefficient (Wildman–Crippen LogP) is 2.39. The molecule has 2 N–H and O–H groups in total. The molecular formula is C6H4ClF3N2. The second kappa shape index (κ2) is 3.18. The van der Waals surface area contributed by atoms with E-state index in [1.54, 1.807) is 0 Å². The van der Waals surface area contributed by atoms with Gasteiger partial charge in [-0.05, 0) is 6.07 Å². The monoisotopic (exact) mass is 196 g/mol. The maximum Gasteiger partial charge on any atom is 0.268 e. The Kier molecular flexibility index (Phi) is 2.42. The molecule has 66 valence electrons. The zero-order chi connectivity index (χ0) is 9.30. The van der Waals surface area contributed by atoms with Crippen LogP contribution in [-0.4, -0.2) is 4.98 Å². The average Bonchev–Trinajstić information content (AvgIpc) is 1.96. The molecule has 0 amide bonds. The minimum Gasteiger partial charge on any atom is -0.396 e. The molecule has 0 fully saturated rings. The summed E-state index contributed by atoms with van der Waals surface area (Å²) in [7, 11) is 0. The first-order valence-corrected chi connectivity index (χ1v) is 3.29. The van der Waals surface area contributed by atoms with Crippen molar-refractivity contribution in [2.24, 2.45) is 0 Å². The van der Waals surface area contributed by atoms with Gasteiger partial charge < -0.3 is 5.73 Å². The van der Waals surface area contributed by atoms with Gasteiger partial charge in [0.2, 0.25) is 5.95 Å². The lowest BCUT2D eigenvalue weighted by Crippen LogP contribution is -1.99. The molecule has 0 radical (unpaired) electrons. The van der Waals surface area contributed by atoms with Crippen LogP contribution in [0.5, 0.6) is 0 Å². The van der Waals surface area contributed by atoms with Gasteiger partial charge in [0.15, 0.2) is 5.15 Å². The van der Waals surface area contributed by atoms with Crippen LogP contribution in [0, 0.1) is 5.95 Å². The van der Waals surface area contributed by atoms with E-state index < -0.39 is 17.9 Å². The molecule has 12 heavy (non-hydrogen) atoms. The smallest absolute Gasteiger partial charge is 0.268 e. The van der Waals surface area contributed by atoms with Gasteiger partial charge in [0, 0.05) is 0 Å². The molecule has 2 nitrogen and oxygen atoms in total. The first kappa shape index (κ1) is 9.12. The number of aromatic nitrogens is 1. The van der Waals surface area contributed by atoms with Gasteiger partial charge in [0.25, 0.3) is 6.43 Å². The summed E-state index contributed by atoms with van der Waals surface area (Å²) in [4.78, 5) is 2.99. The Hall–Kier alpha value is -0.970. The molecule has 0 saturated carbocycles. The highest BCUT2D eigenvalue weighted by Crippen LogP contribution is 2.26. The second-order valence-electron chi connectivity index (χ2n) is 2.05. The minimum atomic E-state index is -2.93. The van der Waals surface area contributed by atoms with Crippen LogP contribution < -0.4 is 5.73 Å². The molecule has 0 aliphatic heterocycles. The normalized spacial score (nSPS) is 10.8. The molecule has 0 bridgehead atoms. The molecule has 0 aromatic carbocycles. The van der Waals surface area contributed by atoms with Gasteiger partial charge in [-0.25, -0.2) is 13.8 Å². The van der Waals surface area contributed by atoms with Crippen LogP contribution in [0.2, 0.25) is 5.15 Å². The van der Waals surface area contributed by atoms with E-state index in [1.807, 2.05) is 0 Å². The number of hydrogen-bond donors (Lipinski definition) is 1. The Labute approximate surface area is 71.2 Å². The van der Waals surface area contributed by atoms with Crippen LogP contribution in [-0.2, 0) is 0 Å². The van der Waals surface area contributed by atoms with Crippen molar-refractivity contribution in [3.63, 3.8) is 0 Å².